The third kappa shape index (κ3) is 4.49. The van der Waals surface area contributed by atoms with Crippen LogP contribution in [0.1, 0.15) is 25.3 Å². The number of nitrogens with zero attached hydrogens (tertiary/aromatic N) is 1. The van der Waals surface area contributed by atoms with E-state index in [0.717, 1.165) is 49.7 Å². The zero-order valence-electron chi connectivity index (χ0n) is 10.1. The predicted molar refractivity (Wildman–Crippen MR) is 67.6 cm³/mol. The summed E-state index contributed by atoms with van der Waals surface area (Å²) >= 11 is 0. The fraction of sp³-hybridized carbons (Fsp3) is 0.583. The normalized spacial score (nSPS) is 10.4. The van der Waals surface area contributed by atoms with Gasteiger partial charge in [0.1, 0.15) is 5.82 Å². The number of pyridine rings is 1. The Bertz CT molecular complexity index is 315. The van der Waals surface area contributed by atoms with Crippen LogP contribution in [-0.2, 0) is 4.74 Å². The highest BCUT2D eigenvalue weighted by molar-refractivity contribution is 5.50. The van der Waals surface area contributed by atoms with Crippen LogP contribution >= 0.6 is 0 Å². The van der Waals surface area contributed by atoms with Gasteiger partial charge in [-0.1, -0.05) is 6.92 Å². The molecule has 1 aromatic rings. The molecule has 0 fully saturated rings. The SMILES string of the molecule is CCCOCCCNc1cc(C)c(N)cn1. The lowest BCUT2D eigenvalue weighted by atomic mass is 10.2. The van der Waals surface area contributed by atoms with Crippen LogP contribution in [0, 0.1) is 6.92 Å². The Labute approximate surface area is 97.2 Å². The summed E-state index contributed by atoms with van der Waals surface area (Å²) in [5.74, 6) is 0.877. The predicted octanol–water partition coefficient (Wildman–Crippen LogP) is 2.20. The van der Waals surface area contributed by atoms with Crippen LogP contribution in [0.4, 0.5) is 11.5 Å². The van der Waals surface area contributed by atoms with E-state index in [-0.39, 0.29) is 0 Å². The quantitative estimate of drug-likeness (QED) is 0.696. The Hall–Kier alpha value is -1.29. The zero-order valence-corrected chi connectivity index (χ0v) is 10.1. The maximum atomic E-state index is 5.69. The van der Waals surface area contributed by atoms with Crippen LogP contribution in [0.5, 0.6) is 0 Å². The van der Waals surface area contributed by atoms with Crippen molar-refractivity contribution in [2.75, 3.05) is 30.8 Å². The number of ether oxygens (including phenoxy) is 1. The van der Waals surface area contributed by atoms with E-state index < -0.39 is 0 Å². The van der Waals surface area contributed by atoms with Crippen molar-refractivity contribution in [1.82, 2.24) is 4.98 Å². The topological polar surface area (TPSA) is 60.2 Å². The molecule has 0 aliphatic rings. The molecule has 90 valence electrons. The maximum Gasteiger partial charge on any atom is 0.126 e. The van der Waals surface area contributed by atoms with Gasteiger partial charge in [-0.25, -0.2) is 4.98 Å². The highest BCUT2D eigenvalue weighted by Crippen LogP contribution is 2.12. The van der Waals surface area contributed by atoms with Crippen molar-refractivity contribution in [3.8, 4) is 0 Å². The molecule has 0 spiro atoms. The molecular formula is C12H21N3O. The van der Waals surface area contributed by atoms with Crippen LogP contribution in [0.3, 0.4) is 0 Å². The van der Waals surface area contributed by atoms with Crippen molar-refractivity contribution in [3.63, 3.8) is 0 Å². The van der Waals surface area contributed by atoms with E-state index in [4.69, 9.17) is 10.5 Å². The molecule has 0 atom stereocenters. The molecule has 3 N–H and O–H groups in total. The van der Waals surface area contributed by atoms with Gasteiger partial charge in [0, 0.05) is 19.8 Å². The number of nitrogen functional groups attached to an aromatic ring is 1. The molecule has 0 aliphatic carbocycles. The highest BCUT2D eigenvalue weighted by atomic mass is 16.5. The van der Waals surface area contributed by atoms with Crippen molar-refractivity contribution >= 4 is 11.5 Å². The molecule has 0 unspecified atom stereocenters. The van der Waals surface area contributed by atoms with Crippen molar-refractivity contribution in [2.45, 2.75) is 26.7 Å². The lowest BCUT2D eigenvalue weighted by Crippen LogP contribution is -2.07. The number of nitrogens with two attached hydrogens (primary N) is 1. The highest BCUT2D eigenvalue weighted by Gasteiger charge is 1.97. The minimum absolute atomic E-state index is 0.733. The standard InChI is InChI=1S/C12H21N3O/c1-3-6-16-7-4-5-14-12-8-10(2)11(13)9-15-12/h8-9H,3-7,13H2,1-2H3,(H,14,15). The van der Waals surface area contributed by atoms with Crippen LogP contribution < -0.4 is 11.1 Å². The van der Waals surface area contributed by atoms with Gasteiger partial charge in [-0.15, -0.1) is 0 Å². The molecule has 16 heavy (non-hydrogen) atoms. The van der Waals surface area contributed by atoms with Gasteiger partial charge in [0.2, 0.25) is 0 Å². The summed E-state index contributed by atoms with van der Waals surface area (Å²) < 4.78 is 5.38. The molecule has 0 amide bonds. The summed E-state index contributed by atoms with van der Waals surface area (Å²) in [4.78, 5) is 4.20. The van der Waals surface area contributed by atoms with Crippen molar-refractivity contribution in [3.05, 3.63) is 17.8 Å². The minimum atomic E-state index is 0.733. The molecule has 4 nitrogen and oxygen atoms in total. The van der Waals surface area contributed by atoms with Gasteiger partial charge in [0.15, 0.2) is 0 Å². The number of aryl methyl sites for hydroxylation is 1. The van der Waals surface area contributed by atoms with Crippen molar-refractivity contribution in [1.29, 1.82) is 0 Å². The van der Waals surface area contributed by atoms with Crippen molar-refractivity contribution < 1.29 is 4.74 Å². The Kier molecular flexibility index (Phi) is 5.64. The van der Waals surface area contributed by atoms with E-state index in [1.54, 1.807) is 6.20 Å². The molecule has 1 heterocycles. The summed E-state index contributed by atoms with van der Waals surface area (Å²) in [5.41, 5.74) is 7.48. The molecule has 0 saturated heterocycles. The molecule has 0 radical (unpaired) electrons. The van der Waals surface area contributed by atoms with Gasteiger partial charge in [-0.2, -0.15) is 0 Å². The van der Waals surface area contributed by atoms with Crippen LogP contribution in [0.15, 0.2) is 12.3 Å². The lowest BCUT2D eigenvalue weighted by Gasteiger charge is -2.07. The van der Waals surface area contributed by atoms with Gasteiger partial charge in [-0.3, -0.25) is 0 Å². The number of anilines is 2. The summed E-state index contributed by atoms with van der Waals surface area (Å²) in [7, 11) is 0. The second-order valence-corrected chi connectivity index (χ2v) is 3.82. The van der Waals surface area contributed by atoms with E-state index in [9.17, 15) is 0 Å². The van der Waals surface area contributed by atoms with E-state index in [1.165, 1.54) is 0 Å². The average Bonchev–Trinajstić information content (AvgIpc) is 2.28. The molecule has 1 aromatic heterocycles. The molecule has 4 heteroatoms. The van der Waals surface area contributed by atoms with Gasteiger partial charge in [-0.05, 0) is 31.4 Å². The average molecular weight is 223 g/mol. The summed E-state index contributed by atoms with van der Waals surface area (Å²) in [5, 5.41) is 3.24. The summed E-state index contributed by atoms with van der Waals surface area (Å²) in [6.07, 6.45) is 3.75. The van der Waals surface area contributed by atoms with E-state index >= 15 is 0 Å². The van der Waals surface area contributed by atoms with Gasteiger partial charge < -0.3 is 15.8 Å². The number of hydrogen-bond donors (Lipinski definition) is 2. The molecular weight excluding hydrogens is 202 g/mol. The smallest absolute Gasteiger partial charge is 0.126 e. The number of rotatable bonds is 7. The monoisotopic (exact) mass is 223 g/mol. The maximum absolute atomic E-state index is 5.69. The summed E-state index contributed by atoms with van der Waals surface area (Å²) in [6, 6.07) is 1.96. The van der Waals surface area contributed by atoms with E-state index in [2.05, 4.69) is 17.2 Å². The first-order valence-electron chi connectivity index (χ1n) is 5.77. The van der Waals surface area contributed by atoms with Crippen LogP contribution in [-0.4, -0.2) is 24.7 Å². The number of hydrogen-bond acceptors (Lipinski definition) is 4. The van der Waals surface area contributed by atoms with E-state index in [0.29, 0.717) is 0 Å². The molecule has 1 rings (SSSR count). The lowest BCUT2D eigenvalue weighted by molar-refractivity contribution is 0.134. The van der Waals surface area contributed by atoms with Gasteiger partial charge in [0.05, 0.1) is 11.9 Å². The second-order valence-electron chi connectivity index (χ2n) is 3.82. The van der Waals surface area contributed by atoms with Crippen LogP contribution in [0.25, 0.3) is 0 Å². The molecule has 0 saturated carbocycles. The fourth-order valence-electron chi connectivity index (χ4n) is 1.30. The minimum Gasteiger partial charge on any atom is -0.397 e. The fourth-order valence-corrected chi connectivity index (χ4v) is 1.30. The molecule has 0 aromatic carbocycles. The Morgan fingerprint density at radius 3 is 2.94 bits per heavy atom. The first-order valence-corrected chi connectivity index (χ1v) is 5.77. The van der Waals surface area contributed by atoms with Crippen LogP contribution in [0.2, 0.25) is 0 Å². The van der Waals surface area contributed by atoms with Gasteiger partial charge in [0.25, 0.3) is 0 Å². The Morgan fingerprint density at radius 2 is 2.25 bits per heavy atom. The Morgan fingerprint density at radius 1 is 1.44 bits per heavy atom. The zero-order chi connectivity index (χ0) is 11.8. The van der Waals surface area contributed by atoms with E-state index in [1.807, 2.05) is 13.0 Å². The second kappa shape index (κ2) is 7.06. The van der Waals surface area contributed by atoms with Crippen molar-refractivity contribution in [2.24, 2.45) is 0 Å². The third-order valence-electron chi connectivity index (χ3n) is 2.27. The Balaban J connectivity index is 2.19. The first-order chi connectivity index (χ1) is 7.74. The van der Waals surface area contributed by atoms with Gasteiger partial charge >= 0.3 is 0 Å². The number of nitrogens with one attached hydrogen (secondary N) is 1. The third-order valence-corrected chi connectivity index (χ3v) is 2.27. The first kappa shape index (κ1) is 12.8. The number of aromatic nitrogens is 1. The summed E-state index contributed by atoms with van der Waals surface area (Å²) in [6.45, 7) is 6.61. The largest absolute Gasteiger partial charge is 0.397 e. The molecule has 0 aliphatic heterocycles. The molecule has 0 bridgehead atoms.